The fourth-order valence-electron chi connectivity index (χ4n) is 7.39. The Kier molecular flexibility index (Phi) is 54.5. The lowest BCUT2D eigenvalue weighted by Crippen LogP contribution is -2.30. The predicted molar refractivity (Wildman–Crippen MR) is 306 cm³/mol. The van der Waals surface area contributed by atoms with E-state index < -0.39 is 6.10 Å². The number of hydrogen-bond donors (Lipinski definition) is 0. The zero-order valence-electron chi connectivity index (χ0n) is 45.7. The topological polar surface area (TPSA) is 78.9 Å². The molecular formula is C65H104O6. The van der Waals surface area contributed by atoms with Gasteiger partial charge in [0, 0.05) is 19.3 Å². The molecule has 0 atom stereocenters. The number of esters is 3. The van der Waals surface area contributed by atoms with Crippen molar-refractivity contribution < 1.29 is 28.6 Å². The molecule has 400 valence electrons. The van der Waals surface area contributed by atoms with E-state index in [4.69, 9.17) is 14.2 Å². The first-order valence-corrected chi connectivity index (χ1v) is 28.7. The molecule has 0 aromatic heterocycles. The van der Waals surface area contributed by atoms with Gasteiger partial charge in [0.2, 0.25) is 0 Å². The Bertz CT molecular complexity index is 1460. The lowest BCUT2D eigenvalue weighted by molar-refractivity contribution is -0.167. The Labute approximate surface area is 436 Å². The van der Waals surface area contributed by atoms with Crippen LogP contribution in [-0.2, 0) is 28.6 Å². The third-order valence-corrected chi connectivity index (χ3v) is 11.6. The van der Waals surface area contributed by atoms with Gasteiger partial charge in [0.05, 0.1) is 0 Å². The zero-order valence-corrected chi connectivity index (χ0v) is 45.7. The molecule has 0 aromatic carbocycles. The van der Waals surface area contributed by atoms with Crippen molar-refractivity contribution in [3.8, 4) is 0 Å². The van der Waals surface area contributed by atoms with Crippen LogP contribution in [0.4, 0.5) is 0 Å². The summed E-state index contributed by atoms with van der Waals surface area (Å²) in [4.78, 5) is 38.1. The van der Waals surface area contributed by atoms with Crippen LogP contribution < -0.4 is 0 Å². The highest BCUT2D eigenvalue weighted by Crippen LogP contribution is 2.14. The Morgan fingerprint density at radius 1 is 0.296 bits per heavy atom. The summed E-state index contributed by atoms with van der Waals surface area (Å²) in [5.41, 5.74) is 0. The molecule has 0 saturated heterocycles. The van der Waals surface area contributed by atoms with Crippen LogP contribution in [0, 0.1) is 0 Å². The van der Waals surface area contributed by atoms with Crippen molar-refractivity contribution in [2.75, 3.05) is 13.2 Å². The first-order chi connectivity index (χ1) is 35.0. The van der Waals surface area contributed by atoms with Gasteiger partial charge in [0.25, 0.3) is 0 Å². The number of rotatable bonds is 50. The second kappa shape index (κ2) is 58.1. The number of carbonyl (C=O) groups is 3. The maximum Gasteiger partial charge on any atom is 0.306 e. The van der Waals surface area contributed by atoms with E-state index in [1.165, 1.54) is 89.9 Å². The molecule has 71 heavy (non-hydrogen) atoms. The van der Waals surface area contributed by atoms with Gasteiger partial charge in [-0.3, -0.25) is 14.4 Å². The van der Waals surface area contributed by atoms with E-state index >= 15 is 0 Å². The fourth-order valence-corrected chi connectivity index (χ4v) is 7.39. The van der Waals surface area contributed by atoms with E-state index in [2.05, 4.69) is 154 Å². The standard InChI is InChI=1S/C65H104O6/c1-4-7-10-13-16-19-22-25-28-31-32-35-38-41-44-47-50-53-56-59-65(68)71-62(60-69-63(66)57-54-51-48-45-42-39-36-33-29-26-23-20-17-14-11-8-5-2)61-70-64(67)58-55-52-49-46-43-40-37-34-30-27-24-21-18-15-12-9-6-3/h8-9,11-12,17-18,20-21,25-30,36-37,39-40,45-46,48-49,62H,4-7,10,13-16,19,22-24,31-35,38,41-44,47,50-61H2,1-3H3/b11-8-,12-9-,20-17-,21-18-,28-25-,29-26-,30-27-,39-36-,40-37-,48-45-,49-46-. The minimum Gasteiger partial charge on any atom is -0.462 e. The van der Waals surface area contributed by atoms with Gasteiger partial charge in [0.1, 0.15) is 13.2 Å². The van der Waals surface area contributed by atoms with E-state index in [1.807, 2.05) is 0 Å². The molecule has 0 spiro atoms. The molecule has 0 fully saturated rings. The number of hydrogen-bond acceptors (Lipinski definition) is 6. The van der Waals surface area contributed by atoms with Crippen molar-refractivity contribution in [2.45, 2.75) is 245 Å². The van der Waals surface area contributed by atoms with Gasteiger partial charge in [-0.1, -0.05) is 231 Å². The minimum atomic E-state index is -0.830. The normalized spacial score (nSPS) is 12.7. The molecule has 0 radical (unpaired) electrons. The molecule has 0 heterocycles. The van der Waals surface area contributed by atoms with Crippen LogP contribution in [0.3, 0.4) is 0 Å². The highest BCUT2D eigenvalue weighted by molar-refractivity contribution is 5.71. The quantitative estimate of drug-likeness (QED) is 0.0262. The number of unbranched alkanes of at least 4 members (excludes halogenated alkanes) is 17. The highest BCUT2D eigenvalue weighted by atomic mass is 16.6. The van der Waals surface area contributed by atoms with Crippen LogP contribution in [-0.4, -0.2) is 37.2 Å². The Morgan fingerprint density at radius 3 is 0.915 bits per heavy atom. The maximum atomic E-state index is 12.9. The van der Waals surface area contributed by atoms with E-state index in [1.54, 1.807) is 0 Å². The van der Waals surface area contributed by atoms with Gasteiger partial charge in [-0.05, 0) is 122 Å². The van der Waals surface area contributed by atoms with E-state index in [0.29, 0.717) is 19.3 Å². The molecule has 0 aliphatic heterocycles. The van der Waals surface area contributed by atoms with Crippen LogP contribution in [0.2, 0.25) is 0 Å². The van der Waals surface area contributed by atoms with Crippen molar-refractivity contribution in [3.05, 3.63) is 134 Å². The summed E-state index contributed by atoms with van der Waals surface area (Å²) in [5, 5.41) is 0. The molecule has 6 heteroatoms. The molecule has 0 unspecified atom stereocenters. The predicted octanol–water partition coefficient (Wildman–Crippen LogP) is 19.4. The molecule has 6 nitrogen and oxygen atoms in total. The lowest BCUT2D eigenvalue weighted by atomic mass is 10.1. The highest BCUT2D eigenvalue weighted by Gasteiger charge is 2.19. The zero-order chi connectivity index (χ0) is 51.4. The number of ether oxygens (including phenoxy) is 3. The summed E-state index contributed by atoms with van der Waals surface area (Å²) in [6.45, 7) is 6.30. The summed E-state index contributed by atoms with van der Waals surface area (Å²) in [6.07, 6.45) is 81.7. The van der Waals surface area contributed by atoms with Gasteiger partial charge < -0.3 is 14.2 Å². The minimum absolute atomic E-state index is 0.130. The molecular weight excluding hydrogens is 877 g/mol. The third-order valence-electron chi connectivity index (χ3n) is 11.6. The van der Waals surface area contributed by atoms with Gasteiger partial charge in [-0.25, -0.2) is 0 Å². The number of allylic oxidation sites excluding steroid dienone is 22. The summed E-state index contributed by atoms with van der Waals surface area (Å²) in [5.74, 6) is -1.05. The third kappa shape index (κ3) is 56.3. The van der Waals surface area contributed by atoms with Gasteiger partial charge >= 0.3 is 17.9 Å². The molecule has 0 amide bonds. The van der Waals surface area contributed by atoms with Gasteiger partial charge in [0.15, 0.2) is 6.10 Å². The second-order valence-electron chi connectivity index (χ2n) is 18.4. The van der Waals surface area contributed by atoms with Crippen LogP contribution >= 0.6 is 0 Å². The maximum absolute atomic E-state index is 12.9. The van der Waals surface area contributed by atoms with Crippen LogP contribution in [0.15, 0.2) is 134 Å². The van der Waals surface area contributed by atoms with E-state index in [9.17, 15) is 14.4 Å². The molecule has 0 saturated carbocycles. The molecule has 0 aliphatic carbocycles. The van der Waals surface area contributed by atoms with E-state index in [0.717, 1.165) is 96.3 Å². The SMILES string of the molecule is CC/C=C\C/C=C\C/C=C\C/C=C\C/C=C\CCCC(=O)OCC(COC(=O)CCC/C=C\C/C=C\C/C=C\C/C=C\C/C=C\CC)OC(=O)CCCCCCCCCCC/C=C\CCCCCCCC. The molecule has 0 aromatic rings. The molecule has 0 aliphatic rings. The first-order valence-electron chi connectivity index (χ1n) is 28.7. The van der Waals surface area contributed by atoms with Crippen molar-refractivity contribution in [2.24, 2.45) is 0 Å². The first kappa shape index (κ1) is 66.6. The van der Waals surface area contributed by atoms with Gasteiger partial charge in [-0.15, -0.1) is 0 Å². The Hall–Kier alpha value is -4.45. The van der Waals surface area contributed by atoms with Crippen molar-refractivity contribution in [3.63, 3.8) is 0 Å². The van der Waals surface area contributed by atoms with Crippen LogP contribution in [0.25, 0.3) is 0 Å². The summed E-state index contributed by atoms with van der Waals surface area (Å²) in [7, 11) is 0. The van der Waals surface area contributed by atoms with Crippen molar-refractivity contribution in [1.29, 1.82) is 0 Å². The van der Waals surface area contributed by atoms with Crippen molar-refractivity contribution >= 4 is 17.9 Å². The monoisotopic (exact) mass is 981 g/mol. The lowest BCUT2D eigenvalue weighted by Gasteiger charge is -2.18. The molecule has 0 rings (SSSR count). The fraction of sp³-hybridized carbons (Fsp3) is 0.615. The van der Waals surface area contributed by atoms with Crippen LogP contribution in [0.1, 0.15) is 239 Å². The summed E-state index contributed by atoms with van der Waals surface area (Å²) >= 11 is 0. The Balaban J connectivity index is 4.57. The molecule has 0 bridgehead atoms. The van der Waals surface area contributed by atoms with Crippen molar-refractivity contribution in [1.82, 2.24) is 0 Å². The van der Waals surface area contributed by atoms with Crippen LogP contribution in [0.5, 0.6) is 0 Å². The summed E-state index contributed by atoms with van der Waals surface area (Å²) in [6, 6.07) is 0. The number of carbonyl (C=O) groups excluding carboxylic acids is 3. The Morgan fingerprint density at radius 2 is 0.563 bits per heavy atom. The summed E-state index contributed by atoms with van der Waals surface area (Å²) < 4.78 is 16.8. The smallest absolute Gasteiger partial charge is 0.306 e. The average molecular weight is 982 g/mol. The molecule has 0 N–H and O–H groups in total. The van der Waals surface area contributed by atoms with Gasteiger partial charge in [-0.2, -0.15) is 0 Å². The second-order valence-corrected chi connectivity index (χ2v) is 18.4. The van der Waals surface area contributed by atoms with E-state index in [-0.39, 0.29) is 44.0 Å². The average Bonchev–Trinajstić information content (AvgIpc) is 3.37. The largest absolute Gasteiger partial charge is 0.462 e.